The van der Waals surface area contributed by atoms with Crippen molar-refractivity contribution in [2.24, 2.45) is 0 Å². The van der Waals surface area contributed by atoms with E-state index in [1.54, 1.807) is 0 Å². The van der Waals surface area contributed by atoms with Crippen molar-refractivity contribution >= 4 is 5.69 Å². The Hall–Kier alpha value is -1.49. The number of para-hydroxylation sites is 1. The fourth-order valence-electron chi connectivity index (χ4n) is 4.04. The second-order valence-corrected chi connectivity index (χ2v) is 8.53. The molecule has 0 radical (unpaired) electrons. The highest BCUT2D eigenvalue weighted by Gasteiger charge is 2.05. The van der Waals surface area contributed by atoms with Crippen molar-refractivity contribution in [3.63, 3.8) is 0 Å². The smallest absolute Gasteiger partial charge is 0.0640 e. The van der Waals surface area contributed by atoms with Gasteiger partial charge in [-0.05, 0) is 18.6 Å². The molecular weight excluding hydrogens is 352 g/mol. The Morgan fingerprint density at radius 1 is 0.621 bits per heavy atom. The Morgan fingerprint density at radius 3 is 1.52 bits per heavy atom. The van der Waals surface area contributed by atoms with Crippen molar-refractivity contribution in [2.45, 2.75) is 116 Å². The van der Waals surface area contributed by atoms with Gasteiger partial charge in [-0.1, -0.05) is 121 Å². The van der Waals surface area contributed by atoms with Crippen LogP contribution in [0, 0.1) is 11.3 Å². The van der Waals surface area contributed by atoms with E-state index in [0.717, 1.165) is 13.1 Å². The first-order valence-electron chi connectivity index (χ1n) is 12.6. The van der Waals surface area contributed by atoms with Crippen molar-refractivity contribution in [1.82, 2.24) is 0 Å². The lowest BCUT2D eigenvalue weighted by Gasteiger charge is -2.23. The maximum atomic E-state index is 8.90. The average molecular weight is 399 g/mol. The Morgan fingerprint density at radius 2 is 1.07 bits per heavy atom. The number of nitriles is 1. The average Bonchev–Trinajstić information content (AvgIpc) is 2.76. The molecule has 164 valence electrons. The molecule has 1 aromatic carbocycles. The molecule has 0 bridgehead atoms. The van der Waals surface area contributed by atoms with Crippen LogP contribution >= 0.6 is 0 Å². The molecular formula is C27H46N2. The third kappa shape index (κ3) is 15.1. The quantitative estimate of drug-likeness (QED) is 0.205. The summed E-state index contributed by atoms with van der Waals surface area (Å²) in [5.41, 5.74) is 1.25. The molecule has 0 unspecified atom stereocenters. The highest BCUT2D eigenvalue weighted by atomic mass is 15.1. The van der Waals surface area contributed by atoms with E-state index < -0.39 is 0 Å². The molecule has 1 rings (SSSR count). The van der Waals surface area contributed by atoms with Crippen molar-refractivity contribution < 1.29 is 0 Å². The summed E-state index contributed by atoms with van der Waals surface area (Å²) in [5.74, 6) is 0. The predicted molar refractivity (Wildman–Crippen MR) is 128 cm³/mol. The first kappa shape index (κ1) is 25.5. The van der Waals surface area contributed by atoms with Gasteiger partial charge in [0.1, 0.15) is 0 Å². The zero-order valence-corrected chi connectivity index (χ0v) is 19.2. The number of hydrogen-bond acceptors (Lipinski definition) is 2. The molecule has 0 fully saturated rings. The van der Waals surface area contributed by atoms with Crippen LogP contribution in [-0.4, -0.2) is 13.1 Å². The van der Waals surface area contributed by atoms with E-state index >= 15 is 0 Å². The van der Waals surface area contributed by atoms with Gasteiger partial charge in [-0.25, -0.2) is 0 Å². The van der Waals surface area contributed by atoms with E-state index in [4.69, 9.17) is 5.26 Å². The van der Waals surface area contributed by atoms with E-state index in [-0.39, 0.29) is 0 Å². The van der Waals surface area contributed by atoms with Gasteiger partial charge in [0.05, 0.1) is 12.5 Å². The van der Waals surface area contributed by atoms with E-state index in [1.807, 2.05) is 0 Å². The summed E-state index contributed by atoms with van der Waals surface area (Å²) in [7, 11) is 0. The molecule has 0 atom stereocenters. The lowest BCUT2D eigenvalue weighted by atomic mass is 10.0. The maximum absolute atomic E-state index is 8.90. The largest absolute Gasteiger partial charge is 0.371 e. The number of unbranched alkanes of at least 4 members (excludes halogenated alkanes) is 15. The molecule has 0 amide bonds. The molecule has 0 N–H and O–H groups in total. The minimum absolute atomic E-state index is 0.605. The second-order valence-electron chi connectivity index (χ2n) is 8.53. The zero-order valence-electron chi connectivity index (χ0n) is 19.2. The molecule has 0 aliphatic carbocycles. The molecule has 1 aromatic rings. The van der Waals surface area contributed by atoms with Crippen molar-refractivity contribution in [3.05, 3.63) is 30.3 Å². The van der Waals surface area contributed by atoms with Gasteiger partial charge in [-0.15, -0.1) is 0 Å². The van der Waals surface area contributed by atoms with Crippen LogP contribution in [0.4, 0.5) is 5.69 Å². The zero-order chi connectivity index (χ0) is 20.8. The fourth-order valence-corrected chi connectivity index (χ4v) is 4.04. The van der Waals surface area contributed by atoms with E-state index in [2.05, 4.69) is 48.2 Å². The van der Waals surface area contributed by atoms with Crippen LogP contribution in [0.3, 0.4) is 0 Å². The van der Waals surface area contributed by atoms with Crippen LogP contribution in [0.5, 0.6) is 0 Å². The minimum atomic E-state index is 0.605. The normalized spacial score (nSPS) is 10.8. The van der Waals surface area contributed by atoms with Gasteiger partial charge in [0.2, 0.25) is 0 Å². The topological polar surface area (TPSA) is 27.0 Å². The third-order valence-electron chi connectivity index (χ3n) is 5.90. The van der Waals surface area contributed by atoms with Crippen LogP contribution in [-0.2, 0) is 0 Å². The highest BCUT2D eigenvalue weighted by Crippen LogP contribution is 2.16. The summed E-state index contributed by atoms with van der Waals surface area (Å²) in [6.45, 7) is 4.21. The van der Waals surface area contributed by atoms with E-state index in [0.29, 0.717) is 6.42 Å². The number of hydrogen-bond donors (Lipinski definition) is 0. The second kappa shape index (κ2) is 19.8. The number of rotatable bonds is 20. The Bertz CT molecular complexity index is 491. The van der Waals surface area contributed by atoms with Crippen molar-refractivity contribution in [1.29, 1.82) is 5.26 Å². The molecule has 2 heteroatoms. The molecule has 0 saturated carbocycles. The van der Waals surface area contributed by atoms with Gasteiger partial charge in [-0.3, -0.25) is 0 Å². The molecule has 0 heterocycles. The summed E-state index contributed by atoms with van der Waals surface area (Å²) in [6, 6.07) is 12.8. The van der Waals surface area contributed by atoms with Crippen molar-refractivity contribution in [3.8, 4) is 6.07 Å². The molecule has 0 aromatic heterocycles. The summed E-state index contributed by atoms with van der Waals surface area (Å²) < 4.78 is 0. The fraction of sp³-hybridized carbons (Fsp3) is 0.741. The standard InChI is InChI=1S/C27H46N2/c1-2-3-4-5-6-7-8-9-10-11-12-13-14-15-16-20-25-29(26-21-24-28)27-22-18-17-19-23-27/h17-19,22-23H,2-16,20-21,25-26H2,1H3. The lowest BCUT2D eigenvalue weighted by molar-refractivity contribution is 0.529. The van der Waals surface area contributed by atoms with E-state index in [9.17, 15) is 0 Å². The Labute approximate surface area is 181 Å². The molecule has 0 aliphatic rings. The van der Waals surface area contributed by atoms with Gasteiger partial charge in [0.25, 0.3) is 0 Å². The van der Waals surface area contributed by atoms with Crippen LogP contribution in [0.2, 0.25) is 0 Å². The molecule has 29 heavy (non-hydrogen) atoms. The van der Waals surface area contributed by atoms with Gasteiger partial charge >= 0.3 is 0 Å². The van der Waals surface area contributed by atoms with Crippen LogP contribution in [0.25, 0.3) is 0 Å². The first-order chi connectivity index (χ1) is 14.4. The van der Waals surface area contributed by atoms with Gasteiger partial charge in [0, 0.05) is 18.8 Å². The highest BCUT2D eigenvalue weighted by molar-refractivity contribution is 5.45. The molecule has 0 saturated heterocycles. The van der Waals surface area contributed by atoms with Gasteiger partial charge < -0.3 is 4.90 Å². The molecule has 0 aliphatic heterocycles. The summed E-state index contributed by atoms with van der Waals surface area (Å²) in [4.78, 5) is 2.37. The van der Waals surface area contributed by atoms with Crippen molar-refractivity contribution in [2.75, 3.05) is 18.0 Å². The maximum Gasteiger partial charge on any atom is 0.0640 e. The van der Waals surface area contributed by atoms with Gasteiger partial charge in [-0.2, -0.15) is 5.26 Å². The van der Waals surface area contributed by atoms with Crippen LogP contribution < -0.4 is 4.90 Å². The SMILES string of the molecule is CCCCCCCCCCCCCCCCCCN(CCC#N)c1ccccc1. The molecule has 0 spiro atoms. The van der Waals surface area contributed by atoms with E-state index in [1.165, 1.54) is 108 Å². The summed E-state index contributed by atoms with van der Waals surface area (Å²) >= 11 is 0. The summed E-state index contributed by atoms with van der Waals surface area (Å²) in [6.07, 6.45) is 23.1. The Balaban J connectivity index is 1.90. The van der Waals surface area contributed by atoms with Gasteiger partial charge in [0.15, 0.2) is 0 Å². The number of anilines is 1. The van der Waals surface area contributed by atoms with Crippen LogP contribution in [0.1, 0.15) is 116 Å². The predicted octanol–water partition coefficient (Wildman–Crippen LogP) is 8.67. The third-order valence-corrected chi connectivity index (χ3v) is 5.90. The number of benzene rings is 1. The number of nitrogens with zero attached hydrogens (tertiary/aromatic N) is 2. The monoisotopic (exact) mass is 398 g/mol. The Kier molecular flexibility index (Phi) is 17.5. The lowest BCUT2D eigenvalue weighted by Crippen LogP contribution is -2.25. The minimum Gasteiger partial charge on any atom is -0.371 e. The van der Waals surface area contributed by atoms with Crippen LogP contribution in [0.15, 0.2) is 30.3 Å². The molecule has 2 nitrogen and oxygen atoms in total. The first-order valence-corrected chi connectivity index (χ1v) is 12.6. The summed E-state index contributed by atoms with van der Waals surface area (Å²) in [5, 5.41) is 8.90.